The summed E-state index contributed by atoms with van der Waals surface area (Å²) >= 11 is 6.57. The molecule has 3 atom stereocenters. The number of hydrogen-bond acceptors (Lipinski definition) is 4. The Kier molecular flexibility index (Phi) is 29.7. The average Bonchev–Trinajstić information content (AvgIpc) is 3.22. The van der Waals surface area contributed by atoms with Gasteiger partial charge < -0.3 is 14.2 Å². The van der Waals surface area contributed by atoms with Crippen LogP contribution in [0.5, 0.6) is 0 Å². The third kappa shape index (κ3) is 19.9. The summed E-state index contributed by atoms with van der Waals surface area (Å²) in [5, 5.41) is 0. The second kappa shape index (κ2) is 33.2. The normalized spacial score (nSPS) is 14.2. The van der Waals surface area contributed by atoms with E-state index < -0.39 is 5.60 Å². The Labute approximate surface area is 346 Å². The summed E-state index contributed by atoms with van der Waals surface area (Å²) in [6.07, 6.45) is 32.6. The second-order valence-electron chi connectivity index (χ2n) is 15.9. The second-order valence-corrected chi connectivity index (χ2v) is 16.3. The van der Waals surface area contributed by atoms with Crippen molar-refractivity contribution in [1.82, 2.24) is 0 Å². The van der Waals surface area contributed by atoms with Crippen LogP contribution >= 0.6 is 12.2 Å². The van der Waals surface area contributed by atoms with Crippen LogP contribution in [0, 0.1) is 0 Å². The van der Waals surface area contributed by atoms with Crippen LogP contribution in [0.25, 0.3) is 6.08 Å². The first kappa shape index (κ1) is 49.3. The minimum Gasteiger partial charge on any atom is -0.375 e. The van der Waals surface area contributed by atoms with Gasteiger partial charge in [0, 0.05) is 25.4 Å². The maximum absolute atomic E-state index is 7.50. The summed E-state index contributed by atoms with van der Waals surface area (Å²) in [6.45, 7) is 13.4. The summed E-state index contributed by atoms with van der Waals surface area (Å²) < 4.78 is 21.7. The van der Waals surface area contributed by atoms with Crippen molar-refractivity contribution in [2.75, 3.05) is 19.8 Å². The van der Waals surface area contributed by atoms with Gasteiger partial charge in [-0.3, -0.25) is 0 Å². The smallest absolute Gasteiger partial charge is 0.146 e. The molecular formula is C51H84O3S. The molecular weight excluding hydrogens is 693 g/mol. The molecule has 3 unspecified atom stereocenters. The summed E-state index contributed by atoms with van der Waals surface area (Å²) in [5.74, 6) is 0. The zero-order valence-corrected chi connectivity index (χ0v) is 37.3. The van der Waals surface area contributed by atoms with E-state index in [2.05, 4.69) is 101 Å². The zero-order valence-electron chi connectivity index (χ0n) is 36.4. The number of benzene rings is 2. The highest BCUT2D eigenvalue weighted by atomic mass is 32.1. The lowest BCUT2D eigenvalue weighted by atomic mass is 9.75. The molecule has 0 spiro atoms. The third-order valence-electron chi connectivity index (χ3n) is 11.2. The molecule has 55 heavy (non-hydrogen) atoms. The zero-order chi connectivity index (χ0) is 39.7. The molecule has 2 aromatic rings. The molecule has 4 heteroatoms. The van der Waals surface area contributed by atoms with Crippen molar-refractivity contribution in [3.05, 3.63) is 77.4 Å². The van der Waals surface area contributed by atoms with Crippen LogP contribution in [0.3, 0.4) is 0 Å². The van der Waals surface area contributed by atoms with Crippen molar-refractivity contribution in [1.29, 1.82) is 0 Å². The maximum atomic E-state index is 7.50. The van der Waals surface area contributed by atoms with E-state index in [-0.39, 0.29) is 12.2 Å². The van der Waals surface area contributed by atoms with Gasteiger partial charge in [0.15, 0.2) is 0 Å². The predicted molar refractivity (Wildman–Crippen MR) is 245 cm³/mol. The first-order chi connectivity index (χ1) is 27.1. The van der Waals surface area contributed by atoms with Crippen molar-refractivity contribution in [3.8, 4) is 0 Å². The number of hydrogen-bond donors (Lipinski definition) is 0. The SMILES string of the molecule is CCCCCCCCCCCCCCCCC(OCCCCC)C(OCCCCC)(C(=Cc1ccccc1)C(=S)c1ccccc1)C(CC)OCCCCC. The standard InChI is InChI=1S/C51H84O3S/c1-6-11-15-16-17-18-19-20-21-22-23-24-25-32-40-49(53-42-34-13-8-3)51(54-43-35-14-9-4,48(10-5)52-41-33-12-7-2)47(44-45-36-28-26-29-37-45)50(55)46-38-30-27-31-39-46/h26-31,36-39,44,48-49H,6-25,32-35,40-43H2,1-5H3. The van der Waals surface area contributed by atoms with E-state index in [9.17, 15) is 0 Å². The van der Waals surface area contributed by atoms with E-state index in [0.717, 1.165) is 92.4 Å². The van der Waals surface area contributed by atoms with Crippen molar-refractivity contribution in [2.24, 2.45) is 0 Å². The Balaban J connectivity index is 2.47. The largest absolute Gasteiger partial charge is 0.375 e. The van der Waals surface area contributed by atoms with Gasteiger partial charge in [-0.2, -0.15) is 0 Å². The van der Waals surface area contributed by atoms with Crippen LogP contribution in [0.2, 0.25) is 0 Å². The van der Waals surface area contributed by atoms with Crippen molar-refractivity contribution >= 4 is 23.2 Å². The average molecular weight is 777 g/mol. The molecule has 0 saturated heterocycles. The summed E-state index contributed by atoms with van der Waals surface area (Å²) in [6, 6.07) is 21.2. The molecule has 0 saturated carbocycles. The van der Waals surface area contributed by atoms with Crippen LogP contribution < -0.4 is 0 Å². The van der Waals surface area contributed by atoms with Gasteiger partial charge in [-0.15, -0.1) is 0 Å². The van der Waals surface area contributed by atoms with E-state index in [1.807, 2.05) is 0 Å². The van der Waals surface area contributed by atoms with Crippen molar-refractivity contribution in [3.63, 3.8) is 0 Å². The van der Waals surface area contributed by atoms with E-state index in [1.165, 1.54) is 96.3 Å². The molecule has 2 aromatic carbocycles. The predicted octanol–water partition coefficient (Wildman–Crippen LogP) is 15.9. The van der Waals surface area contributed by atoms with Crippen molar-refractivity contribution in [2.45, 2.75) is 213 Å². The highest BCUT2D eigenvalue weighted by molar-refractivity contribution is 7.81. The first-order valence-electron chi connectivity index (χ1n) is 23.3. The molecule has 0 bridgehead atoms. The Morgan fingerprint density at radius 3 is 1.42 bits per heavy atom. The van der Waals surface area contributed by atoms with Gasteiger partial charge >= 0.3 is 0 Å². The molecule has 0 aromatic heterocycles. The van der Waals surface area contributed by atoms with Gasteiger partial charge in [-0.25, -0.2) is 0 Å². The minimum atomic E-state index is -0.861. The Hall–Kier alpha value is -1.85. The van der Waals surface area contributed by atoms with Crippen LogP contribution in [-0.2, 0) is 14.2 Å². The van der Waals surface area contributed by atoms with E-state index in [4.69, 9.17) is 26.4 Å². The van der Waals surface area contributed by atoms with Gasteiger partial charge in [0.2, 0.25) is 0 Å². The maximum Gasteiger partial charge on any atom is 0.146 e. The molecule has 312 valence electrons. The molecule has 0 amide bonds. The fourth-order valence-corrected chi connectivity index (χ4v) is 8.23. The lowest BCUT2D eigenvalue weighted by Gasteiger charge is -2.47. The molecule has 3 nitrogen and oxygen atoms in total. The number of unbranched alkanes of at least 4 members (excludes halogenated alkanes) is 19. The molecule has 0 aliphatic rings. The lowest BCUT2D eigenvalue weighted by Crippen LogP contribution is -2.59. The molecule has 0 aliphatic carbocycles. The highest BCUT2D eigenvalue weighted by Gasteiger charge is 2.51. The topological polar surface area (TPSA) is 27.7 Å². The number of thiocarbonyl (C=S) groups is 1. The summed E-state index contributed by atoms with van der Waals surface area (Å²) in [7, 11) is 0. The van der Waals surface area contributed by atoms with Gasteiger partial charge in [-0.05, 0) is 49.3 Å². The Bertz CT molecular complexity index is 1200. The molecule has 0 heterocycles. The molecule has 0 aliphatic heterocycles. The Morgan fingerprint density at radius 1 is 0.509 bits per heavy atom. The van der Waals surface area contributed by atoms with Crippen LogP contribution in [0.4, 0.5) is 0 Å². The highest BCUT2D eigenvalue weighted by Crippen LogP contribution is 2.41. The first-order valence-corrected chi connectivity index (χ1v) is 23.7. The van der Waals surface area contributed by atoms with Crippen LogP contribution in [0.1, 0.15) is 206 Å². The monoisotopic (exact) mass is 777 g/mol. The molecule has 0 radical (unpaired) electrons. The summed E-state index contributed by atoms with van der Waals surface area (Å²) in [4.78, 5) is 0.832. The van der Waals surface area contributed by atoms with Gasteiger partial charge in [-0.1, -0.05) is 236 Å². The lowest BCUT2D eigenvalue weighted by molar-refractivity contribution is -0.191. The van der Waals surface area contributed by atoms with Gasteiger partial charge in [0.25, 0.3) is 0 Å². The van der Waals surface area contributed by atoms with Crippen LogP contribution in [-0.4, -0.2) is 42.5 Å². The fourth-order valence-electron chi connectivity index (χ4n) is 7.87. The Morgan fingerprint density at radius 2 is 0.927 bits per heavy atom. The van der Waals surface area contributed by atoms with Gasteiger partial charge in [0.1, 0.15) is 5.60 Å². The third-order valence-corrected chi connectivity index (χ3v) is 11.6. The number of rotatable bonds is 37. The number of ether oxygens (including phenoxy) is 3. The van der Waals surface area contributed by atoms with Crippen molar-refractivity contribution < 1.29 is 14.2 Å². The molecule has 0 fully saturated rings. The molecule has 0 N–H and O–H groups in total. The van der Waals surface area contributed by atoms with Crippen LogP contribution in [0.15, 0.2) is 66.2 Å². The molecule has 2 rings (SSSR count). The minimum absolute atomic E-state index is 0.184. The van der Waals surface area contributed by atoms with E-state index >= 15 is 0 Å². The summed E-state index contributed by atoms with van der Waals surface area (Å²) in [5.41, 5.74) is 2.34. The van der Waals surface area contributed by atoms with E-state index in [0.29, 0.717) is 13.2 Å². The van der Waals surface area contributed by atoms with Gasteiger partial charge in [0.05, 0.1) is 17.1 Å². The van der Waals surface area contributed by atoms with E-state index in [1.54, 1.807) is 0 Å². The fraction of sp³-hybridized carbons (Fsp3) is 0.706. The quantitative estimate of drug-likeness (QED) is 0.0296.